The lowest BCUT2D eigenvalue weighted by atomic mass is 9.95. The summed E-state index contributed by atoms with van der Waals surface area (Å²) in [7, 11) is -7.80. The molecule has 2 heterocycles. The normalized spacial score (nSPS) is 19.3. The van der Waals surface area contributed by atoms with E-state index in [9.17, 15) is 21.6 Å². The summed E-state index contributed by atoms with van der Waals surface area (Å²) < 4.78 is 65.0. The molecule has 0 aliphatic carbocycles. The highest BCUT2D eigenvalue weighted by molar-refractivity contribution is 7.94. The van der Waals surface area contributed by atoms with Crippen LogP contribution in [0.5, 0.6) is 11.5 Å². The number of sulfonamides is 2. The first-order chi connectivity index (χ1) is 14.4. The predicted molar refractivity (Wildman–Crippen MR) is 114 cm³/mol. The number of hydrogen-bond donors (Lipinski definition) is 1. The van der Waals surface area contributed by atoms with Gasteiger partial charge in [0.05, 0.1) is 27.4 Å². The number of nitrogens with zero attached hydrogens (tertiary/aromatic N) is 1. The lowest BCUT2D eigenvalue weighted by molar-refractivity contribution is -0.123. The summed E-state index contributed by atoms with van der Waals surface area (Å²) in [5.74, 6) is 0.133. The van der Waals surface area contributed by atoms with Gasteiger partial charge in [0.25, 0.3) is 10.0 Å². The number of benzene rings is 2. The van der Waals surface area contributed by atoms with Gasteiger partial charge >= 0.3 is 0 Å². The van der Waals surface area contributed by atoms with Crippen LogP contribution >= 0.6 is 0 Å². The van der Waals surface area contributed by atoms with Gasteiger partial charge in [-0.2, -0.15) is 0 Å². The van der Waals surface area contributed by atoms with E-state index in [0.717, 1.165) is 4.31 Å². The molecule has 1 fully saturated rings. The molecule has 9 nitrogen and oxygen atoms in total. The number of carbonyl (C=O) groups is 1. The minimum Gasteiger partial charge on any atom is -0.486 e. The van der Waals surface area contributed by atoms with Crippen LogP contribution in [-0.2, 0) is 24.8 Å². The van der Waals surface area contributed by atoms with Gasteiger partial charge in [-0.15, -0.1) is 0 Å². The molecule has 31 heavy (non-hydrogen) atoms. The first-order valence-corrected chi connectivity index (χ1v) is 12.6. The molecular weight excluding hydrogens is 444 g/mol. The third-order valence-electron chi connectivity index (χ3n) is 5.06. The maximum absolute atomic E-state index is 12.9. The second kappa shape index (κ2) is 7.13. The smallest absolute Gasteiger partial charge is 0.262 e. The predicted octanol–water partition coefficient (Wildman–Crippen LogP) is 2.27. The van der Waals surface area contributed by atoms with E-state index < -0.39 is 31.4 Å². The van der Waals surface area contributed by atoms with Gasteiger partial charge < -0.3 is 9.47 Å². The topological polar surface area (TPSA) is 119 Å². The molecular formula is C20H22N2O7S2. The van der Waals surface area contributed by atoms with Crippen LogP contribution in [0.15, 0.2) is 41.3 Å². The molecule has 4 rings (SSSR count). The van der Waals surface area contributed by atoms with Crippen LogP contribution in [0.25, 0.3) is 0 Å². The Morgan fingerprint density at radius 1 is 1.03 bits per heavy atom. The van der Waals surface area contributed by atoms with E-state index in [2.05, 4.69) is 4.72 Å². The molecule has 2 aromatic carbocycles. The lowest BCUT2D eigenvalue weighted by Crippen LogP contribution is -2.33. The Bertz CT molecular complexity index is 1280. The largest absolute Gasteiger partial charge is 0.486 e. The zero-order valence-electron chi connectivity index (χ0n) is 17.2. The molecule has 0 aromatic heterocycles. The Labute approximate surface area is 181 Å². The fourth-order valence-corrected chi connectivity index (χ4v) is 7.02. The van der Waals surface area contributed by atoms with Crippen molar-refractivity contribution in [3.63, 3.8) is 0 Å². The van der Waals surface area contributed by atoms with E-state index in [1.165, 1.54) is 24.3 Å². The molecule has 0 saturated carbocycles. The quantitative estimate of drug-likeness (QED) is 0.734. The average Bonchev–Trinajstić information content (AvgIpc) is 2.83. The molecule has 2 aliphatic rings. The number of fused-ring (bicyclic) bond motifs is 1. The van der Waals surface area contributed by atoms with Gasteiger partial charge in [0.1, 0.15) is 13.2 Å². The molecule has 11 heteroatoms. The first kappa shape index (κ1) is 21.4. The third-order valence-corrected chi connectivity index (χ3v) is 8.62. The molecule has 1 saturated heterocycles. The van der Waals surface area contributed by atoms with Crippen LogP contribution in [-0.4, -0.2) is 41.7 Å². The maximum Gasteiger partial charge on any atom is 0.262 e. The van der Waals surface area contributed by atoms with Crippen molar-refractivity contribution in [2.24, 2.45) is 5.41 Å². The molecule has 2 aromatic rings. The van der Waals surface area contributed by atoms with Crippen LogP contribution in [0.4, 0.5) is 11.4 Å². The Morgan fingerprint density at radius 3 is 2.32 bits per heavy atom. The van der Waals surface area contributed by atoms with E-state index in [-0.39, 0.29) is 16.3 Å². The van der Waals surface area contributed by atoms with Gasteiger partial charge in [-0.3, -0.25) is 9.52 Å². The standard InChI is InChI=1S/C20H22N2O7S2/c1-13-10-15(22-19(23)20(2,3)12-30(22,24)25)5-7-18(13)31(26,27)21-14-4-6-16-17(11-14)29-9-8-28-16/h4-7,10-11,21H,8-9,12H2,1-3H3. The molecule has 0 unspecified atom stereocenters. The van der Waals surface area contributed by atoms with Gasteiger partial charge in [-0.05, 0) is 56.7 Å². The SMILES string of the molecule is Cc1cc(N2C(=O)C(C)(C)CS2(=O)=O)ccc1S(=O)(=O)Nc1ccc2c(c1)OCCO2. The van der Waals surface area contributed by atoms with Crippen molar-refractivity contribution in [3.8, 4) is 11.5 Å². The second-order valence-corrected chi connectivity index (χ2v) is 11.6. The summed E-state index contributed by atoms with van der Waals surface area (Å²) >= 11 is 0. The van der Waals surface area contributed by atoms with Gasteiger partial charge in [0.15, 0.2) is 11.5 Å². The maximum atomic E-state index is 12.9. The van der Waals surface area contributed by atoms with Crippen molar-refractivity contribution in [2.45, 2.75) is 25.7 Å². The zero-order valence-corrected chi connectivity index (χ0v) is 18.8. The van der Waals surface area contributed by atoms with Gasteiger partial charge in [0.2, 0.25) is 15.9 Å². The molecule has 166 valence electrons. The molecule has 0 radical (unpaired) electrons. The molecule has 0 spiro atoms. The highest BCUT2D eigenvalue weighted by Gasteiger charge is 2.50. The lowest BCUT2D eigenvalue weighted by Gasteiger charge is -2.20. The zero-order chi connectivity index (χ0) is 22.6. The number of ether oxygens (including phenoxy) is 2. The minimum absolute atomic E-state index is 0.0329. The Morgan fingerprint density at radius 2 is 1.71 bits per heavy atom. The first-order valence-electron chi connectivity index (χ1n) is 9.51. The van der Waals surface area contributed by atoms with Crippen molar-refractivity contribution in [1.82, 2.24) is 0 Å². The number of amides is 1. The summed E-state index contributed by atoms with van der Waals surface area (Å²) in [6.07, 6.45) is 0. The Hall–Kier alpha value is -2.79. The number of hydrogen-bond acceptors (Lipinski definition) is 7. The van der Waals surface area contributed by atoms with Gasteiger partial charge in [-0.1, -0.05) is 0 Å². The summed E-state index contributed by atoms with van der Waals surface area (Å²) in [6, 6.07) is 8.71. The number of rotatable bonds is 4. The van der Waals surface area contributed by atoms with Crippen molar-refractivity contribution in [3.05, 3.63) is 42.0 Å². The number of anilines is 2. The van der Waals surface area contributed by atoms with Crippen molar-refractivity contribution >= 4 is 37.3 Å². The van der Waals surface area contributed by atoms with E-state index in [0.29, 0.717) is 36.0 Å². The summed E-state index contributed by atoms with van der Waals surface area (Å²) in [4.78, 5) is 12.6. The van der Waals surface area contributed by atoms with Crippen LogP contribution in [0.1, 0.15) is 19.4 Å². The average molecular weight is 467 g/mol. The van der Waals surface area contributed by atoms with Crippen molar-refractivity contribution < 1.29 is 31.1 Å². The monoisotopic (exact) mass is 466 g/mol. The molecule has 1 amide bonds. The van der Waals surface area contributed by atoms with Crippen LogP contribution in [0.3, 0.4) is 0 Å². The molecule has 0 atom stereocenters. The molecule has 2 aliphatic heterocycles. The van der Waals surface area contributed by atoms with Gasteiger partial charge in [-0.25, -0.2) is 21.1 Å². The number of carbonyl (C=O) groups excluding carboxylic acids is 1. The van der Waals surface area contributed by atoms with E-state index in [1.807, 2.05) is 0 Å². The summed E-state index contributed by atoms with van der Waals surface area (Å²) in [5.41, 5.74) is -0.328. The van der Waals surface area contributed by atoms with E-state index >= 15 is 0 Å². The summed E-state index contributed by atoms with van der Waals surface area (Å²) in [6.45, 7) is 5.47. The fraction of sp³-hybridized carbons (Fsp3) is 0.350. The highest BCUT2D eigenvalue weighted by Crippen LogP contribution is 2.37. The van der Waals surface area contributed by atoms with E-state index in [4.69, 9.17) is 9.47 Å². The fourth-order valence-electron chi connectivity index (χ4n) is 3.64. The van der Waals surface area contributed by atoms with Crippen molar-refractivity contribution in [1.29, 1.82) is 0 Å². The number of nitrogens with one attached hydrogen (secondary N) is 1. The third kappa shape index (κ3) is 3.83. The second-order valence-electron chi connectivity index (χ2n) is 8.12. The van der Waals surface area contributed by atoms with Crippen LogP contribution < -0.4 is 18.5 Å². The highest BCUT2D eigenvalue weighted by atomic mass is 32.2. The summed E-state index contributed by atoms with van der Waals surface area (Å²) in [5, 5.41) is 0. The number of aryl methyl sites for hydroxylation is 1. The molecule has 1 N–H and O–H groups in total. The van der Waals surface area contributed by atoms with Crippen LogP contribution in [0.2, 0.25) is 0 Å². The van der Waals surface area contributed by atoms with Crippen molar-refractivity contribution in [2.75, 3.05) is 28.0 Å². The minimum atomic E-state index is -3.98. The van der Waals surface area contributed by atoms with Crippen LogP contribution in [0, 0.1) is 12.3 Å². The Balaban J connectivity index is 1.64. The van der Waals surface area contributed by atoms with E-state index in [1.54, 1.807) is 32.9 Å². The van der Waals surface area contributed by atoms with Gasteiger partial charge in [0, 0.05) is 6.07 Å². The Kier molecular flexibility index (Phi) is 4.93. The molecule has 0 bridgehead atoms.